The zero-order chi connectivity index (χ0) is 15.1. The van der Waals surface area contributed by atoms with Gasteiger partial charge >= 0.3 is 0 Å². The van der Waals surface area contributed by atoms with Crippen LogP contribution in [0.3, 0.4) is 0 Å². The molecule has 0 atom stereocenters. The van der Waals surface area contributed by atoms with Crippen LogP contribution in [0.15, 0.2) is 35.7 Å². The van der Waals surface area contributed by atoms with E-state index in [0.717, 1.165) is 32.7 Å². The Morgan fingerprint density at radius 3 is 2.38 bits per heavy atom. The number of rotatable bonds is 8. The van der Waals surface area contributed by atoms with Gasteiger partial charge in [-0.2, -0.15) is 0 Å². The van der Waals surface area contributed by atoms with Crippen LogP contribution in [0.25, 0.3) is 10.4 Å². The molecule has 0 fully saturated rings. The van der Waals surface area contributed by atoms with Gasteiger partial charge in [-0.05, 0) is 48.2 Å². The first-order valence-corrected chi connectivity index (χ1v) is 8.68. The number of nitrogens with one attached hydrogen (secondary N) is 1. The van der Waals surface area contributed by atoms with Crippen molar-refractivity contribution in [3.8, 4) is 10.4 Å². The third kappa shape index (κ3) is 4.95. The summed E-state index contributed by atoms with van der Waals surface area (Å²) in [4.78, 5) is 3.79. The van der Waals surface area contributed by atoms with Crippen LogP contribution in [0.2, 0.25) is 0 Å². The van der Waals surface area contributed by atoms with E-state index in [1.807, 2.05) is 11.3 Å². The highest BCUT2D eigenvalue weighted by molar-refractivity contribution is 7.13. The Kier molecular flexibility index (Phi) is 6.43. The van der Waals surface area contributed by atoms with Crippen LogP contribution in [0, 0.1) is 6.92 Å². The highest BCUT2D eigenvalue weighted by Crippen LogP contribution is 2.26. The number of likely N-dealkylation sites (N-methyl/N-ethyl adjacent to an activating group) is 1. The van der Waals surface area contributed by atoms with Crippen molar-refractivity contribution in [3.05, 3.63) is 46.8 Å². The van der Waals surface area contributed by atoms with E-state index in [4.69, 9.17) is 0 Å². The molecule has 0 saturated heterocycles. The SMILES string of the molecule is CCN(CC)CCNCc1ccc(-c2cc(C)cs2)cc1. The Balaban J connectivity index is 1.80. The van der Waals surface area contributed by atoms with E-state index in [-0.39, 0.29) is 0 Å². The summed E-state index contributed by atoms with van der Waals surface area (Å²) in [6, 6.07) is 11.2. The average molecular weight is 302 g/mol. The van der Waals surface area contributed by atoms with Crippen molar-refractivity contribution in [2.45, 2.75) is 27.3 Å². The summed E-state index contributed by atoms with van der Waals surface area (Å²) < 4.78 is 0. The fourth-order valence-corrected chi connectivity index (χ4v) is 3.29. The molecule has 0 aliphatic carbocycles. The normalized spacial score (nSPS) is 11.2. The Bertz CT molecular complexity index is 526. The minimum absolute atomic E-state index is 0.949. The molecule has 1 aromatic carbocycles. The maximum absolute atomic E-state index is 3.53. The molecule has 21 heavy (non-hydrogen) atoms. The van der Waals surface area contributed by atoms with Crippen molar-refractivity contribution in [2.24, 2.45) is 0 Å². The van der Waals surface area contributed by atoms with E-state index in [1.54, 1.807) is 0 Å². The van der Waals surface area contributed by atoms with Gasteiger partial charge in [-0.15, -0.1) is 11.3 Å². The molecule has 1 heterocycles. The second kappa shape index (κ2) is 8.32. The molecule has 0 aliphatic heterocycles. The number of benzene rings is 1. The summed E-state index contributed by atoms with van der Waals surface area (Å²) in [5.41, 5.74) is 4.02. The lowest BCUT2D eigenvalue weighted by Crippen LogP contribution is -2.31. The minimum atomic E-state index is 0.949. The van der Waals surface area contributed by atoms with E-state index >= 15 is 0 Å². The summed E-state index contributed by atoms with van der Waals surface area (Å²) in [6.07, 6.45) is 0. The number of thiophene rings is 1. The van der Waals surface area contributed by atoms with Crippen LogP contribution in [-0.4, -0.2) is 31.1 Å². The van der Waals surface area contributed by atoms with Crippen LogP contribution in [0.4, 0.5) is 0 Å². The number of hydrogen-bond donors (Lipinski definition) is 1. The van der Waals surface area contributed by atoms with E-state index in [2.05, 4.69) is 66.7 Å². The summed E-state index contributed by atoms with van der Waals surface area (Å²) in [6.45, 7) is 12.0. The molecule has 2 rings (SSSR count). The zero-order valence-electron chi connectivity index (χ0n) is 13.4. The predicted octanol–water partition coefficient (Wildman–Crippen LogP) is 4.15. The lowest BCUT2D eigenvalue weighted by atomic mass is 10.1. The van der Waals surface area contributed by atoms with Crippen molar-refractivity contribution in [3.63, 3.8) is 0 Å². The van der Waals surface area contributed by atoms with Gasteiger partial charge in [-0.25, -0.2) is 0 Å². The van der Waals surface area contributed by atoms with Gasteiger partial charge in [0.15, 0.2) is 0 Å². The topological polar surface area (TPSA) is 15.3 Å². The lowest BCUT2D eigenvalue weighted by molar-refractivity contribution is 0.302. The zero-order valence-corrected chi connectivity index (χ0v) is 14.2. The molecule has 0 saturated carbocycles. The Hall–Kier alpha value is -1.16. The Morgan fingerprint density at radius 1 is 1.10 bits per heavy atom. The number of hydrogen-bond acceptors (Lipinski definition) is 3. The fourth-order valence-electron chi connectivity index (χ4n) is 2.38. The van der Waals surface area contributed by atoms with E-state index in [9.17, 15) is 0 Å². The third-order valence-electron chi connectivity index (χ3n) is 3.80. The van der Waals surface area contributed by atoms with Crippen molar-refractivity contribution < 1.29 is 0 Å². The quantitative estimate of drug-likeness (QED) is 0.737. The molecular formula is C18H26N2S. The molecule has 0 aliphatic rings. The number of nitrogens with zero attached hydrogens (tertiary/aromatic N) is 1. The molecule has 0 spiro atoms. The van der Waals surface area contributed by atoms with Gasteiger partial charge < -0.3 is 10.2 Å². The molecule has 2 nitrogen and oxygen atoms in total. The largest absolute Gasteiger partial charge is 0.311 e. The molecule has 2 aromatic rings. The van der Waals surface area contributed by atoms with E-state index in [1.165, 1.54) is 21.6 Å². The molecule has 1 N–H and O–H groups in total. The monoisotopic (exact) mass is 302 g/mol. The summed E-state index contributed by atoms with van der Waals surface area (Å²) >= 11 is 1.82. The van der Waals surface area contributed by atoms with Gasteiger partial charge in [0.25, 0.3) is 0 Å². The van der Waals surface area contributed by atoms with Gasteiger partial charge in [0.05, 0.1) is 0 Å². The molecule has 0 radical (unpaired) electrons. The van der Waals surface area contributed by atoms with Crippen LogP contribution in [-0.2, 0) is 6.54 Å². The standard InChI is InChI=1S/C18H26N2S/c1-4-20(5-2)11-10-19-13-16-6-8-17(9-7-16)18-12-15(3)14-21-18/h6-9,12,14,19H,4-5,10-11,13H2,1-3H3. The van der Waals surface area contributed by atoms with Crippen molar-refractivity contribution in [1.82, 2.24) is 10.2 Å². The van der Waals surface area contributed by atoms with E-state index < -0.39 is 0 Å². The van der Waals surface area contributed by atoms with Gasteiger partial charge in [-0.3, -0.25) is 0 Å². The van der Waals surface area contributed by atoms with E-state index in [0.29, 0.717) is 0 Å². The summed E-state index contributed by atoms with van der Waals surface area (Å²) in [5.74, 6) is 0. The first kappa shape index (κ1) is 16.2. The lowest BCUT2D eigenvalue weighted by Gasteiger charge is -2.18. The Morgan fingerprint density at radius 2 is 1.81 bits per heavy atom. The molecule has 1 aromatic heterocycles. The number of aryl methyl sites for hydroxylation is 1. The second-order valence-electron chi connectivity index (χ2n) is 5.39. The van der Waals surface area contributed by atoms with Crippen molar-refractivity contribution in [2.75, 3.05) is 26.2 Å². The third-order valence-corrected chi connectivity index (χ3v) is 4.89. The molecule has 114 valence electrons. The highest BCUT2D eigenvalue weighted by Gasteiger charge is 2.01. The molecular weight excluding hydrogens is 276 g/mol. The van der Waals surface area contributed by atoms with Crippen molar-refractivity contribution >= 4 is 11.3 Å². The molecule has 3 heteroatoms. The molecule has 0 amide bonds. The summed E-state index contributed by atoms with van der Waals surface area (Å²) in [5, 5.41) is 5.73. The molecule has 0 bridgehead atoms. The average Bonchev–Trinajstić information content (AvgIpc) is 2.95. The van der Waals surface area contributed by atoms with Crippen LogP contribution >= 0.6 is 11.3 Å². The predicted molar refractivity (Wildman–Crippen MR) is 94.0 cm³/mol. The smallest absolute Gasteiger partial charge is 0.0345 e. The minimum Gasteiger partial charge on any atom is -0.311 e. The maximum atomic E-state index is 3.53. The van der Waals surface area contributed by atoms with Crippen LogP contribution in [0.5, 0.6) is 0 Å². The van der Waals surface area contributed by atoms with Crippen molar-refractivity contribution in [1.29, 1.82) is 0 Å². The summed E-state index contributed by atoms with van der Waals surface area (Å²) in [7, 11) is 0. The van der Waals surface area contributed by atoms with Crippen LogP contribution < -0.4 is 5.32 Å². The van der Waals surface area contributed by atoms with Gasteiger partial charge in [0, 0.05) is 24.5 Å². The first-order valence-electron chi connectivity index (χ1n) is 7.80. The molecule has 0 unspecified atom stereocenters. The Labute approximate surface area is 132 Å². The van der Waals surface area contributed by atoms with Crippen LogP contribution in [0.1, 0.15) is 25.0 Å². The second-order valence-corrected chi connectivity index (χ2v) is 6.30. The maximum Gasteiger partial charge on any atom is 0.0345 e. The van der Waals surface area contributed by atoms with Gasteiger partial charge in [0.2, 0.25) is 0 Å². The highest BCUT2D eigenvalue weighted by atomic mass is 32.1. The first-order chi connectivity index (χ1) is 10.2. The van der Waals surface area contributed by atoms with Gasteiger partial charge in [-0.1, -0.05) is 38.1 Å². The fraction of sp³-hybridized carbons (Fsp3) is 0.444. The van der Waals surface area contributed by atoms with Gasteiger partial charge in [0.1, 0.15) is 0 Å².